The van der Waals surface area contributed by atoms with E-state index in [4.69, 9.17) is 0 Å². The van der Waals surface area contributed by atoms with Crippen molar-refractivity contribution in [3.63, 3.8) is 0 Å². The van der Waals surface area contributed by atoms with Gasteiger partial charge in [-0.2, -0.15) is 17.7 Å². The normalized spacial score (nSPS) is 17.2. The Morgan fingerprint density at radius 2 is 1.91 bits per heavy atom. The van der Waals surface area contributed by atoms with Crippen molar-refractivity contribution in [1.82, 2.24) is 30.2 Å². The van der Waals surface area contributed by atoms with E-state index < -0.39 is 23.6 Å². The van der Waals surface area contributed by atoms with Crippen LogP contribution in [0.4, 0.5) is 23.5 Å². The second kappa shape index (κ2) is 7.96. The number of anilines is 1. The van der Waals surface area contributed by atoms with Crippen molar-refractivity contribution in [3.05, 3.63) is 53.8 Å². The van der Waals surface area contributed by atoms with E-state index in [1.165, 1.54) is 30.3 Å². The fourth-order valence-electron chi connectivity index (χ4n) is 3.74. The molecular formula is C21H17F4N7O. The van der Waals surface area contributed by atoms with Gasteiger partial charge in [-0.05, 0) is 24.3 Å². The first-order valence-corrected chi connectivity index (χ1v) is 10.1. The number of amides is 1. The van der Waals surface area contributed by atoms with Crippen molar-refractivity contribution in [3.8, 4) is 11.4 Å². The number of aromatic nitrogens is 4. The van der Waals surface area contributed by atoms with Gasteiger partial charge in [0.15, 0.2) is 11.5 Å². The molecule has 0 spiro atoms. The molecule has 4 aromatic rings. The van der Waals surface area contributed by atoms with Crippen LogP contribution in [0.1, 0.15) is 5.56 Å². The quantitative estimate of drug-likeness (QED) is 0.408. The first-order chi connectivity index (χ1) is 15.8. The Hall–Kier alpha value is -3.80. The van der Waals surface area contributed by atoms with E-state index in [0.717, 1.165) is 10.6 Å². The van der Waals surface area contributed by atoms with E-state index in [0.29, 0.717) is 13.1 Å². The van der Waals surface area contributed by atoms with Crippen LogP contribution in [-0.2, 0) is 11.0 Å². The van der Waals surface area contributed by atoms with Crippen LogP contribution >= 0.6 is 0 Å². The average molecular weight is 459 g/mol. The maximum Gasteiger partial charge on any atom is 0.417 e. The predicted octanol–water partition coefficient (Wildman–Crippen LogP) is 2.60. The van der Waals surface area contributed by atoms with Crippen molar-refractivity contribution >= 4 is 28.4 Å². The molecule has 8 nitrogen and oxygen atoms in total. The Bertz CT molecular complexity index is 1370. The highest BCUT2D eigenvalue weighted by Gasteiger charge is 2.35. The van der Waals surface area contributed by atoms with Gasteiger partial charge >= 0.3 is 6.18 Å². The summed E-state index contributed by atoms with van der Waals surface area (Å²) in [6.45, 7) is 1.30. The summed E-state index contributed by atoms with van der Waals surface area (Å²) in [4.78, 5) is 21.0. The summed E-state index contributed by atoms with van der Waals surface area (Å²) in [5, 5.41) is 12.9. The molecule has 33 heavy (non-hydrogen) atoms. The number of nitrogens with one attached hydrogen (secondary N) is 3. The standard InChI is InChI=1S/C21H17F4N7O/c22-12-4-1-3-11(9-12)17-30-18-16-13(21(23,24)25)5-2-6-14(16)28-20(32(18)31-17)29-15-10-26-7-8-27-19(15)33/h1-6,9,15,26H,7-8,10H2,(H,27,33)(H,28,29)/t15-/m1/s1. The molecule has 1 amide bonds. The summed E-state index contributed by atoms with van der Waals surface area (Å²) < 4.78 is 56.2. The molecule has 0 unspecified atom stereocenters. The zero-order chi connectivity index (χ0) is 23.2. The van der Waals surface area contributed by atoms with Gasteiger partial charge < -0.3 is 16.0 Å². The number of nitrogens with zero attached hydrogens (tertiary/aromatic N) is 4. The first kappa shape index (κ1) is 21.1. The monoisotopic (exact) mass is 459 g/mol. The van der Waals surface area contributed by atoms with Gasteiger partial charge in [-0.3, -0.25) is 4.79 Å². The topological polar surface area (TPSA) is 96.2 Å². The zero-order valence-corrected chi connectivity index (χ0v) is 16.9. The second-order valence-corrected chi connectivity index (χ2v) is 7.51. The third kappa shape index (κ3) is 3.93. The van der Waals surface area contributed by atoms with Crippen LogP contribution < -0.4 is 16.0 Å². The third-order valence-corrected chi connectivity index (χ3v) is 5.26. The SMILES string of the molecule is O=C1NCCNC[C@H]1Nc1nc2cccc(C(F)(F)F)c2c2nc(-c3cccc(F)c3)nn12. The minimum Gasteiger partial charge on any atom is -0.353 e. The summed E-state index contributed by atoms with van der Waals surface area (Å²) in [5.74, 6) is -0.766. The van der Waals surface area contributed by atoms with E-state index in [-0.39, 0.29) is 46.3 Å². The number of hydrogen-bond acceptors (Lipinski definition) is 6. The molecule has 0 radical (unpaired) electrons. The molecule has 1 aliphatic rings. The largest absolute Gasteiger partial charge is 0.417 e. The van der Waals surface area contributed by atoms with Gasteiger partial charge in [0.25, 0.3) is 0 Å². The molecule has 0 bridgehead atoms. The van der Waals surface area contributed by atoms with Crippen LogP contribution in [0.5, 0.6) is 0 Å². The number of halogens is 4. The number of benzene rings is 2. The lowest BCUT2D eigenvalue weighted by Gasteiger charge is -2.17. The van der Waals surface area contributed by atoms with Gasteiger partial charge in [0.2, 0.25) is 11.9 Å². The molecule has 12 heteroatoms. The average Bonchev–Trinajstić information content (AvgIpc) is 3.13. The molecule has 0 saturated carbocycles. The first-order valence-electron chi connectivity index (χ1n) is 10.1. The molecule has 3 N–H and O–H groups in total. The van der Waals surface area contributed by atoms with Crippen LogP contribution in [-0.4, -0.2) is 51.2 Å². The van der Waals surface area contributed by atoms with Crippen molar-refractivity contribution in [1.29, 1.82) is 0 Å². The van der Waals surface area contributed by atoms with Gasteiger partial charge in [0.1, 0.15) is 11.9 Å². The smallest absolute Gasteiger partial charge is 0.353 e. The molecule has 2 aromatic heterocycles. The molecule has 170 valence electrons. The fraction of sp³-hybridized carbons (Fsp3) is 0.238. The lowest BCUT2D eigenvalue weighted by molar-refractivity contribution is -0.136. The molecule has 1 atom stereocenters. The van der Waals surface area contributed by atoms with Crippen LogP contribution in [0.3, 0.4) is 0 Å². The number of carbonyl (C=O) groups excluding carboxylic acids is 1. The van der Waals surface area contributed by atoms with E-state index in [1.54, 1.807) is 6.07 Å². The van der Waals surface area contributed by atoms with Crippen LogP contribution in [0.25, 0.3) is 27.9 Å². The maximum atomic E-state index is 13.8. The number of fused-ring (bicyclic) bond motifs is 3. The highest BCUT2D eigenvalue weighted by atomic mass is 19.4. The van der Waals surface area contributed by atoms with Crippen LogP contribution in [0.15, 0.2) is 42.5 Å². The molecule has 5 rings (SSSR count). The van der Waals surface area contributed by atoms with Crippen molar-refractivity contribution in [2.75, 3.05) is 25.0 Å². The lowest BCUT2D eigenvalue weighted by atomic mass is 10.1. The third-order valence-electron chi connectivity index (χ3n) is 5.26. The van der Waals surface area contributed by atoms with E-state index in [9.17, 15) is 22.4 Å². The summed E-state index contributed by atoms with van der Waals surface area (Å²) in [5.41, 5.74) is -0.719. The minimum atomic E-state index is -4.66. The molecule has 1 aliphatic heterocycles. The van der Waals surface area contributed by atoms with Gasteiger partial charge in [-0.1, -0.05) is 18.2 Å². The molecule has 1 saturated heterocycles. The highest BCUT2D eigenvalue weighted by molar-refractivity contribution is 5.96. The Morgan fingerprint density at radius 1 is 1.09 bits per heavy atom. The number of rotatable bonds is 3. The molecule has 0 aliphatic carbocycles. The molecule has 3 heterocycles. The fourth-order valence-corrected chi connectivity index (χ4v) is 3.74. The van der Waals surface area contributed by atoms with Crippen molar-refractivity contribution < 1.29 is 22.4 Å². The Balaban J connectivity index is 1.75. The molecule has 2 aromatic carbocycles. The summed E-state index contributed by atoms with van der Waals surface area (Å²) in [6, 6.07) is 8.31. The van der Waals surface area contributed by atoms with Crippen LogP contribution in [0, 0.1) is 5.82 Å². The Labute approximate surface area is 184 Å². The van der Waals surface area contributed by atoms with Gasteiger partial charge in [0.05, 0.1) is 16.5 Å². The van der Waals surface area contributed by atoms with E-state index >= 15 is 0 Å². The van der Waals surface area contributed by atoms with Crippen molar-refractivity contribution in [2.45, 2.75) is 12.2 Å². The summed E-state index contributed by atoms with van der Waals surface area (Å²) in [7, 11) is 0. The summed E-state index contributed by atoms with van der Waals surface area (Å²) in [6.07, 6.45) is -4.66. The van der Waals surface area contributed by atoms with Gasteiger partial charge in [-0.15, -0.1) is 5.10 Å². The molecular weight excluding hydrogens is 442 g/mol. The lowest BCUT2D eigenvalue weighted by Crippen LogP contribution is -2.42. The number of hydrogen-bond donors (Lipinski definition) is 3. The van der Waals surface area contributed by atoms with E-state index in [2.05, 4.69) is 31.0 Å². The Morgan fingerprint density at radius 3 is 2.70 bits per heavy atom. The summed E-state index contributed by atoms with van der Waals surface area (Å²) >= 11 is 0. The number of alkyl halides is 3. The Kier molecular flexibility index (Phi) is 5.08. The van der Waals surface area contributed by atoms with Crippen LogP contribution in [0.2, 0.25) is 0 Å². The predicted molar refractivity (Wildman–Crippen MR) is 112 cm³/mol. The van der Waals surface area contributed by atoms with E-state index in [1.807, 2.05) is 0 Å². The molecule has 1 fully saturated rings. The van der Waals surface area contributed by atoms with Crippen molar-refractivity contribution in [2.24, 2.45) is 0 Å². The second-order valence-electron chi connectivity index (χ2n) is 7.51. The zero-order valence-electron chi connectivity index (χ0n) is 16.9. The van der Waals surface area contributed by atoms with Gasteiger partial charge in [-0.25, -0.2) is 14.4 Å². The minimum absolute atomic E-state index is 0.0206. The number of carbonyl (C=O) groups is 1. The van der Waals surface area contributed by atoms with Gasteiger partial charge in [0, 0.05) is 25.2 Å². The maximum absolute atomic E-state index is 13.8. The highest BCUT2D eigenvalue weighted by Crippen LogP contribution is 2.37.